The van der Waals surface area contributed by atoms with E-state index in [1.54, 1.807) is 6.07 Å². The highest BCUT2D eigenvalue weighted by molar-refractivity contribution is 8.00. The molecule has 0 saturated heterocycles. The van der Waals surface area contributed by atoms with Crippen LogP contribution in [0.15, 0.2) is 47.6 Å². The van der Waals surface area contributed by atoms with Gasteiger partial charge in [-0.25, -0.2) is 4.98 Å². The molecule has 0 bridgehead atoms. The van der Waals surface area contributed by atoms with Crippen LogP contribution in [-0.2, 0) is 11.2 Å². The first-order valence-electron chi connectivity index (χ1n) is 8.08. The Kier molecular flexibility index (Phi) is 4.50. The number of nitrogens with one attached hydrogen (secondary N) is 2. The zero-order chi connectivity index (χ0) is 18.1. The summed E-state index contributed by atoms with van der Waals surface area (Å²) in [6, 6.07) is 12.3. The van der Waals surface area contributed by atoms with E-state index in [2.05, 4.69) is 20.0 Å². The predicted octanol–water partition coefficient (Wildman–Crippen LogP) is 4.21. The highest BCUT2D eigenvalue weighted by Crippen LogP contribution is 2.32. The summed E-state index contributed by atoms with van der Waals surface area (Å²) >= 11 is 1.33. The van der Waals surface area contributed by atoms with Crippen molar-refractivity contribution < 1.29 is 18.3 Å². The van der Waals surface area contributed by atoms with Gasteiger partial charge in [0, 0.05) is 11.8 Å². The van der Waals surface area contributed by atoms with E-state index in [4.69, 9.17) is 0 Å². The number of amides is 1. The van der Waals surface area contributed by atoms with Crippen molar-refractivity contribution in [2.45, 2.75) is 29.9 Å². The highest BCUT2D eigenvalue weighted by Gasteiger charge is 2.25. The molecule has 1 aliphatic heterocycles. The lowest BCUT2D eigenvalue weighted by Gasteiger charge is -2.10. The number of para-hydroxylation sites is 1. The number of aryl methyl sites for hydroxylation is 1. The fraction of sp³-hybridized carbons (Fsp3) is 0.222. The second-order valence-electron chi connectivity index (χ2n) is 5.89. The molecule has 5 nitrogen and oxygen atoms in total. The number of hydrogen-bond donors (Lipinski definition) is 2. The van der Waals surface area contributed by atoms with Gasteiger partial charge in [-0.1, -0.05) is 30.0 Å². The molecule has 3 aromatic rings. The molecule has 2 aromatic carbocycles. The van der Waals surface area contributed by atoms with Gasteiger partial charge in [-0.3, -0.25) is 4.79 Å². The number of hydrogen-bond acceptors (Lipinski definition) is 4. The number of benzene rings is 2. The van der Waals surface area contributed by atoms with Crippen LogP contribution in [0, 0.1) is 0 Å². The summed E-state index contributed by atoms with van der Waals surface area (Å²) in [7, 11) is 0. The maximum Gasteiger partial charge on any atom is 0.387 e. The van der Waals surface area contributed by atoms with Gasteiger partial charge in [0.2, 0.25) is 5.91 Å². The SMILES string of the molecule is O=C1Nc2ccccc2CCC1Sc1nc2ccc(OC(F)F)cc2[nH]1. The molecule has 1 unspecified atom stereocenters. The van der Waals surface area contributed by atoms with Crippen molar-refractivity contribution in [1.29, 1.82) is 0 Å². The number of rotatable bonds is 4. The second kappa shape index (κ2) is 6.95. The largest absolute Gasteiger partial charge is 0.435 e. The highest BCUT2D eigenvalue weighted by atomic mass is 32.2. The average Bonchev–Trinajstić information content (AvgIpc) is 2.93. The third-order valence-electron chi connectivity index (χ3n) is 4.15. The number of anilines is 1. The lowest BCUT2D eigenvalue weighted by atomic mass is 10.1. The Labute approximate surface area is 152 Å². The van der Waals surface area contributed by atoms with Crippen molar-refractivity contribution in [2.75, 3.05) is 5.32 Å². The van der Waals surface area contributed by atoms with Gasteiger partial charge in [-0.2, -0.15) is 8.78 Å². The van der Waals surface area contributed by atoms with E-state index in [1.165, 1.54) is 23.9 Å². The average molecular weight is 375 g/mol. The number of halogens is 2. The number of carbonyl (C=O) groups is 1. The Bertz CT molecular complexity index is 961. The van der Waals surface area contributed by atoms with Crippen LogP contribution in [0.3, 0.4) is 0 Å². The Morgan fingerprint density at radius 1 is 1.23 bits per heavy atom. The van der Waals surface area contributed by atoms with Crippen LogP contribution in [0.4, 0.5) is 14.5 Å². The second-order valence-corrected chi connectivity index (χ2v) is 7.08. The quantitative estimate of drug-likeness (QED) is 0.717. The topological polar surface area (TPSA) is 67.0 Å². The van der Waals surface area contributed by atoms with Gasteiger partial charge in [0.1, 0.15) is 5.75 Å². The minimum atomic E-state index is -2.87. The summed E-state index contributed by atoms with van der Waals surface area (Å²) in [4.78, 5) is 20.0. The van der Waals surface area contributed by atoms with Crippen LogP contribution in [-0.4, -0.2) is 27.7 Å². The zero-order valence-corrected chi connectivity index (χ0v) is 14.4. The van der Waals surface area contributed by atoms with E-state index in [9.17, 15) is 13.6 Å². The summed E-state index contributed by atoms with van der Waals surface area (Å²) in [6.07, 6.45) is 1.48. The molecule has 1 amide bonds. The fourth-order valence-corrected chi connectivity index (χ4v) is 3.93. The van der Waals surface area contributed by atoms with Crippen molar-refractivity contribution in [3.63, 3.8) is 0 Å². The summed E-state index contributed by atoms with van der Waals surface area (Å²) in [5, 5.41) is 3.23. The molecule has 2 N–H and O–H groups in total. The van der Waals surface area contributed by atoms with Crippen LogP contribution in [0.5, 0.6) is 5.75 Å². The normalized spacial score (nSPS) is 17.0. The molecule has 0 radical (unpaired) electrons. The van der Waals surface area contributed by atoms with E-state index >= 15 is 0 Å². The standard InChI is InChI=1S/C18H15F2N3O2S/c19-17(20)25-11-6-7-13-14(9-11)23-18(22-13)26-15-8-5-10-3-1-2-4-12(10)21-16(15)24/h1-4,6-7,9,15,17H,5,8H2,(H,21,24)(H,22,23). The number of ether oxygens (including phenoxy) is 1. The van der Waals surface area contributed by atoms with E-state index in [0.29, 0.717) is 22.6 Å². The minimum absolute atomic E-state index is 0.0651. The molecular weight excluding hydrogens is 360 g/mol. The van der Waals surface area contributed by atoms with Crippen LogP contribution >= 0.6 is 11.8 Å². The van der Waals surface area contributed by atoms with Gasteiger partial charge in [0.05, 0.1) is 16.3 Å². The molecule has 134 valence electrons. The van der Waals surface area contributed by atoms with Crippen LogP contribution in [0.25, 0.3) is 11.0 Å². The molecule has 1 atom stereocenters. The summed E-state index contributed by atoms with van der Waals surface area (Å²) < 4.78 is 29.1. The number of aromatic amines is 1. The number of imidazole rings is 1. The Morgan fingerprint density at radius 3 is 2.92 bits per heavy atom. The van der Waals surface area contributed by atoms with E-state index in [1.807, 2.05) is 24.3 Å². The number of aromatic nitrogens is 2. The van der Waals surface area contributed by atoms with Gasteiger partial charge in [0.25, 0.3) is 0 Å². The molecule has 4 rings (SSSR count). The smallest absolute Gasteiger partial charge is 0.387 e. The zero-order valence-electron chi connectivity index (χ0n) is 13.5. The number of H-pyrrole nitrogens is 1. The van der Waals surface area contributed by atoms with Crippen LogP contribution < -0.4 is 10.1 Å². The molecule has 8 heteroatoms. The predicted molar refractivity (Wildman–Crippen MR) is 95.8 cm³/mol. The molecule has 2 heterocycles. The van der Waals surface area contributed by atoms with Crippen LogP contribution in [0.2, 0.25) is 0 Å². The molecule has 0 fully saturated rings. The third-order valence-corrected chi connectivity index (χ3v) is 5.31. The number of carbonyl (C=O) groups excluding carboxylic acids is 1. The molecule has 1 aliphatic rings. The van der Waals surface area contributed by atoms with Gasteiger partial charge < -0.3 is 15.0 Å². The maximum absolute atomic E-state index is 12.5. The molecule has 0 spiro atoms. The van der Waals surface area contributed by atoms with Crippen molar-refractivity contribution in [3.8, 4) is 5.75 Å². The molecule has 0 aliphatic carbocycles. The number of fused-ring (bicyclic) bond motifs is 2. The van der Waals surface area contributed by atoms with Gasteiger partial charge >= 0.3 is 6.61 Å². The van der Waals surface area contributed by atoms with E-state index in [-0.39, 0.29) is 16.9 Å². The minimum Gasteiger partial charge on any atom is -0.435 e. The first-order valence-corrected chi connectivity index (χ1v) is 8.96. The van der Waals surface area contributed by atoms with Gasteiger partial charge in [-0.05, 0) is 36.6 Å². The van der Waals surface area contributed by atoms with Crippen molar-refractivity contribution in [2.24, 2.45) is 0 Å². The number of nitrogens with zero attached hydrogens (tertiary/aromatic N) is 1. The summed E-state index contributed by atoms with van der Waals surface area (Å²) in [5.41, 5.74) is 3.18. The fourth-order valence-electron chi connectivity index (χ4n) is 2.94. The molecular formula is C18H15F2N3O2S. The first kappa shape index (κ1) is 16.8. The molecule has 0 saturated carbocycles. The lowest BCUT2D eigenvalue weighted by Crippen LogP contribution is -2.23. The number of thioether (sulfide) groups is 1. The van der Waals surface area contributed by atoms with Gasteiger partial charge in [-0.15, -0.1) is 0 Å². The van der Waals surface area contributed by atoms with E-state index < -0.39 is 6.61 Å². The Morgan fingerprint density at radius 2 is 2.08 bits per heavy atom. The Balaban J connectivity index is 1.52. The lowest BCUT2D eigenvalue weighted by molar-refractivity contribution is -0.115. The monoisotopic (exact) mass is 375 g/mol. The third kappa shape index (κ3) is 3.50. The first-order chi connectivity index (χ1) is 12.6. The maximum atomic E-state index is 12.5. The van der Waals surface area contributed by atoms with Crippen molar-refractivity contribution in [3.05, 3.63) is 48.0 Å². The van der Waals surface area contributed by atoms with Crippen molar-refractivity contribution >= 4 is 34.4 Å². The van der Waals surface area contributed by atoms with Crippen molar-refractivity contribution in [1.82, 2.24) is 9.97 Å². The summed E-state index contributed by atoms with van der Waals surface area (Å²) in [5.74, 6) is -0.00233. The van der Waals surface area contributed by atoms with E-state index in [0.717, 1.165) is 17.7 Å². The summed E-state index contributed by atoms with van der Waals surface area (Å²) in [6.45, 7) is -2.87. The van der Waals surface area contributed by atoms with Gasteiger partial charge in [0.15, 0.2) is 5.16 Å². The molecule has 26 heavy (non-hydrogen) atoms. The van der Waals surface area contributed by atoms with Crippen LogP contribution in [0.1, 0.15) is 12.0 Å². The Hall–Kier alpha value is -2.61. The number of alkyl halides is 2. The molecule has 1 aromatic heterocycles.